The van der Waals surface area contributed by atoms with Crippen molar-refractivity contribution < 1.29 is 32.2 Å². The van der Waals surface area contributed by atoms with E-state index in [0.717, 1.165) is 6.92 Å². The van der Waals surface area contributed by atoms with E-state index >= 15 is 0 Å². The van der Waals surface area contributed by atoms with E-state index in [-0.39, 0.29) is 12.0 Å². The average Bonchev–Trinajstić information content (AvgIpc) is 2.24. The molecular formula is C7H4F4O3S. The van der Waals surface area contributed by atoms with Crippen LogP contribution in [0.15, 0.2) is 4.90 Å². The monoisotopic (exact) mass is 244 g/mol. The second kappa shape index (κ2) is 4.79. The Balaban J connectivity index is 3.26. The highest BCUT2D eigenvalue weighted by Gasteiger charge is 2.24. The molecule has 1 aromatic carbocycles. The van der Waals surface area contributed by atoms with Crippen molar-refractivity contribution in [3.05, 3.63) is 28.8 Å². The molecule has 0 aromatic heterocycles. The maximum atomic E-state index is 13.1. The molecule has 3 nitrogen and oxygen atoms in total. The van der Waals surface area contributed by atoms with Crippen LogP contribution in [0.5, 0.6) is 0 Å². The molecule has 0 saturated heterocycles. The molecule has 0 aliphatic rings. The molecule has 0 spiro atoms. The molecule has 8 heteroatoms. The van der Waals surface area contributed by atoms with Crippen LogP contribution < -0.4 is 0 Å². The van der Waals surface area contributed by atoms with Gasteiger partial charge in [-0.25, -0.2) is 22.8 Å². The van der Waals surface area contributed by atoms with E-state index in [0.29, 0.717) is 0 Å². The Hall–Kier alpha value is -0.830. The topological polar surface area (TPSA) is 38.7 Å². The lowest BCUT2D eigenvalue weighted by atomic mass is 10.2. The Kier molecular flexibility index (Phi) is 3.91. The van der Waals surface area contributed by atoms with Crippen LogP contribution in [0.1, 0.15) is 5.56 Å². The molecule has 0 aliphatic carbocycles. The van der Waals surface area contributed by atoms with Gasteiger partial charge in [0.05, 0.1) is 12.0 Å². The summed E-state index contributed by atoms with van der Waals surface area (Å²) in [6, 6.07) is 0. The van der Waals surface area contributed by atoms with Crippen molar-refractivity contribution in [1.82, 2.24) is 0 Å². The molecule has 0 aliphatic heterocycles. The maximum absolute atomic E-state index is 13.1. The van der Waals surface area contributed by atoms with Crippen molar-refractivity contribution in [2.75, 3.05) is 0 Å². The summed E-state index contributed by atoms with van der Waals surface area (Å²) in [5.41, 5.74) is -0.696. The third-order valence-electron chi connectivity index (χ3n) is 1.59. The maximum Gasteiger partial charge on any atom is 0.196 e. The summed E-state index contributed by atoms with van der Waals surface area (Å²) in [4.78, 5) is -0.944. The normalized spacial score (nSPS) is 10.8. The second-order valence-electron chi connectivity index (χ2n) is 2.44. The lowest BCUT2D eigenvalue weighted by molar-refractivity contribution is -0.432. The van der Waals surface area contributed by atoms with Crippen LogP contribution >= 0.6 is 12.0 Å². The van der Waals surface area contributed by atoms with Gasteiger partial charge in [-0.15, -0.1) is 4.33 Å². The fourth-order valence-electron chi connectivity index (χ4n) is 0.846. The molecule has 0 unspecified atom stereocenters. The Bertz CT molecular complexity index is 356. The van der Waals surface area contributed by atoms with E-state index in [1.165, 1.54) is 0 Å². The zero-order valence-corrected chi connectivity index (χ0v) is 8.00. The van der Waals surface area contributed by atoms with Gasteiger partial charge < -0.3 is 0 Å². The first kappa shape index (κ1) is 12.2. The minimum absolute atomic E-state index is 0.118. The van der Waals surface area contributed by atoms with E-state index in [1.54, 1.807) is 0 Å². The predicted octanol–water partition coefficient (Wildman–Crippen LogP) is 2.98. The molecule has 1 aromatic rings. The Morgan fingerprint density at radius 3 is 2.13 bits per heavy atom. The fourth-order valence-corrected chi connectivity index (χ4v) is 1.33. The molecule has 0 heterocycles. The van der Waals surface area contributed by atoms with Gasteiger partial charge in [-0.3, -0.25) is 0 Å². The highest BCUT2D eigenvalue weighted by Crippen LogP contribution is 2.31. The summed E-state index contributed by atoms with van der Waals surface area (Å²) in [5, 5.41) is 10.8. The van der Waals surface area contributed by atoms with Crippen LogP contribution in [-0.2, 0) is 9.37 Å². The average molecular weight is 244 g/mol. The smallest absolute Gasteiger partial charge is 0.196 e. The molecule has 15 heavy (non-hydrogen) atoms. The first-order valence-electron chi connectivity index (χ1n) is 3.48. The minimum atomic E-state index is -1.82. The van der Waals surface area contributed by atoms with E-state index in [2.05, 4.69) is 9.37 Å². The quantitative estimate of drug-likeness (QED) is 0.221. The van der Waals surface area contributed by atoms with E-state index in [4.69, 9.17) is 5.26 Å². The molecule has 0 saturated carbocycles. The van der Waals surface area contributed by atoms with Gasteiger partial charge in [-0.2, -0.15) is 0 Å². The Labute approximate surface area is 85.7 Å². The number of hydrogen-bond acceptors (Lipinski definition) is 4. The lowest BCUT2D eigenvalue weighted by Gasteiger charge is -2.06. The SMILES string of the molecule is Cc1c(F)c(F)c(F)c(SOOO)c1F. The van der Waals surface area contributed by atoms with Gasteiger partial charge in [-0.05, 0) is 6.92 Å². The first-order chi connectivity index (χ1) is 7.00. The Morgan fingerprint density at radius 1 is 1.00 bits per heavy atom. The molecule has 0 amide bonds. The zero-order chi connectivity index (χ0) is 11.6. The molecule has 0 fully saturated rings. The molecule has 0 bridgehead atoms. The Morgan fingerprint density at radius 2 is 1.60 bits per heavy atom. The van der Waals surface area contributed by atoms with Crippen LogP contribution in [-0.4, -0.2) is 5.26 Å². The van der Waals surface area contributed by atoms with E-state index in [9.17, 15) is 17.6 Å². The van der Waals surface area contributed by atoms with Gasteiger partial charge >= 0.3 is 0 Å². The van der Waals surface area contributed by atoms with Crippen LogP contribution in [0, 0.1) is 30.2 Å². The number of hydrogen-bond donors (Lipinski definition) is 1. The van der Waals surface area contributed by atoms with Crippen molar-refractivity contribution in [2.24, 2.45) is 0 Å². The second-order valence-corrected chi connectivity index (χ2v) is 3.15. The van der Waals surface area contributed by atoms with E-state index < -0.39 is 33.7 Å². The molecular weight excluding hydrogens is 240 g/mol. The first-order valence-corrected chi connectivity index (χ1v) is 4.22. The van der Waals surface area contributed by atoms with E-state index in [1.807, 2.05) is 0 Å². The molecule has 1 rings (SSSR count). The molecule has 0 radical (unpaired) electrons. The van der Waals surface area contributed by atoms with Gasteiger partial charge in [-0.1, -0.05) is 5.04 Å². The molecule has 1 N–H and O–H groups in total. The fraction of sp³-hybridized carbons (Fsp3) is 0.143. The van der Waals surface area contributed by atoms with Gasteiger partial charge in [0.2, 0.25) is 0 Å². The van der Waals surface area contributed by atoms with Gasteiger partial charge in [0.1, 0.15) is 10.7 Å². The van der Waals surface area contributed by atoms with Crippen molar-refractivity contribution >= 4 is 12.0 Å². The molecule has 84 valence electrons. The highest BCUT2D eigenvalue weighted by molar-refractivity contribution is 7.94. The van der Waals surface area contributed by atoms with Gasteiger partial charge in [0, 0.05) is 5.56 Å². The summed E-state index contributed by atoms with van der Waals surface area (Å²) < 4.78 is 55.3. The van der Waals surface area contributed by atoms with Gasteiger partial charge in [0.25, 0.3) is 0 Å². The number of benzene rings is 1. The summed E-state index contributed by atoms with van der Waals surface area (Å²) in [5.74, 6) is -6.51. The van der Waals surface area contributed by atoms with Crippen molar-refractivity contribution in [3.63, 3.8) is 0 Å². The van der Waals surface area contributed by atoms with Crippen LogP contribution in [0.4, 0.5) is 17.6 Å². The summed E-state index contributed by atoms with van der Waals surface area (Å²) in [7, 11) is 0. The van der Waals surface area contributed by atoms with Gasteiger partial charge in [0.15, 0.2) is 17.5 Å². The number of halogens is 4. The molecule has 0 atom stereocenters. The van der Waals surface area contributed by atoms with Crippen LogP contribution in [0.3, 0.4) is 0 Å². The van der Waals surface area contributed by atoms with Crippen molar-refractivity contribution in [2.45, 2.75) is 11.8 Å². The summed E-state index contributed by atoms with van der Waals surface area (Å²) in [6.45, 7) is 0.928. The predicted molar refractivity (Wildman–Crippen MR) is 41.7 cm³/mol. The minimum Gasteiger partial charge on any atom is -0.220 e. The van der Waals surface area contributed by atoms with Crippen molar-refractivity contribution in [3.8, 4) is 0 Å². The third-order valence-corrected chi connectivity index (χ3v) is 2.24. The summed E-state index contributed by atoms with van der Waals surface area (Å²) >= 11 is -0.118. The number of rotatable bonds is 3. The third kappa shape index (κ3) is 2.23. The largest absolute Gasteiger partial charge is 0.220 e. The highest BCUT2D eigenvalue weighted by atomic mass is 32.2. The van der Waals surface area contributed by atoms with Crippen LogP contribution in [0.2, 0.25) is 0 Å². The standard InChI is InChI=1S/C7H4F4O3S/c1-2-3(8)5(10)6(11)7(4(2)9)15-14-13-12/h12H,1H3. The lowest BCUT2D eigenvalue weighted by Crippen LogP contribution is -2.02. The van der Waals surface area contributed by atoms with Crippen molar-refractivity contribution in [1.29, 1.82) is 0 Å². The zero-order valence-electron chi connectivity index (χ0n) is 7.18. The summed E-state index contributed by atoms with van der Waals surface area (Å²) in [6.07, 6.45) is 0. The van der Waals surface area contributed by atoms with Crippen LogP contribution in [0.25, 0.3) is 0 Å².